The summed E-state index contributed by atoms with van der Waals surface area (Å²) in [5.41, 5.74) is 2.90. The Morgan fingerprint density at radius 3 is 2.45 bits per heavy atom. The van der Waals surface area contributed by atoms with Crippen molar-refractivity contribution in [3.63, 3.8) is 0 Å². The Bertz CT molecular complexity index is 825. The predicted octanol–water partition coefficient (Wildman–Crippen LogP) is 4.14. The van der Waals surface area contributed by atoms with Crippen molar-refractivity contribution in [2.24, 2.45) is 4.99 Å². The van der Waals surface area contributed by atoms with Gasteiger partial charge in [-0.3, -0.25) is 4.79 Å². The molecule has 3 N–H and O–H groups in total. The minimum Gasteiger partial charge on any atom is -0.497 e. The van der Waals surface area contributed by atoms with E-state index in [1.807, 2.05) is 50.2 Å². The van der Waals surface area contributed by atoms with Gasteiger partial charge in [-0.2, -0.15) is 0 Å². The quantitative estimate of drug-likeness (QED) is 0.242. The molecule has 0 saturated carbocycles. The van der Waals surface area contributed by atoms with Gasteiger partial charge >= 0.3 is 0 Å². The second-order valence-corrected chi connectivity index (χ2v) is 7.20. The van der Waals surface area contributed by atoms with Crippen molar-refractivity contribution in [1.29, 1.82) is 0 Å². The van der Waals surface area contributed by atoms with Gasteiger partial charge in [-0.05, 0) is 62.1 Å². The molecule has 0 aromatic heterocycles. The molecule has 7 heteroatoms. The third-order valence-corrected chi connectivity index (χ3v) is 4.81. The number of nitrogens with zero attached hydrogens (tertiary/aromatic N) is 1. The molecule has 2 aromatic carbocycles. The average molecular weight is 538 g/mol. The van der Waals surface area contributed by atoms with E-state index in [9.17, 15) is 4.79 Å². The summed E-state index contributed by atoms with van der Waals surface area (Å²) in [6.45, 7) is 8.16. The summed E-state index contributed by atoms with van der Waals surface area (Å²) in [6, 6.07) is 15.9. The lowest BCUT2D eigenvalue weighted by atomic mass is 10.1. The summed E-state index contributed by atoms with van der Waals surface area (Å²) < 4.78 is 5.20. The van der Waals surface area contributed by atoms with Crippen molar-refractivity contribution in [2.75, 3.05) is 20.2 Å². The van der Waals surface area contributed by atoms with Gasteiger partial charge in [0.25, 0.3) is 5.91 Å². The Morgan fingerprint density at radius 2 is 1.81 bits per heavy atom. The van der Waals surface area contributed by atoms with Crippen LogP contribution in [0.2, 0.25) is 0 Å². The van der Waals surface area contributed by atoms with Crippen LogP contribution in [0.1, 0.15) is 48.7 Å². The standard InChI is InChI=1S/C24H34N4O2.HI/c1-5-18(3)28-23(29)21-9-7-8-20(16-21)17-27-24(25-6-2)26-15-14-19-10-12-22(30-4)13-11-19;/h7-13,16,18H,5-6,14-15,17H2,1-4H3,(H,28,29)(H2,25,26,27);1H. The number of rotatable bonds is 10. The normalized spacial score (nSPS) is 11.8. The first-order valence-corrected chi connectivity index (χ1v) is 10.6. The molecule has 2 rings (SSSR count). The monoisotopic (exact) mass is 538 g/mol. The van der Waals surface area contributed by atoms with Gasteiger partial charge in [0.05, 0.1) is 13.7 Å². The number of aliphatic imine (C=N–C) groups is 1. The first-order chi connectivity index (χ1) is 14.5. The van der Waals surface area contributed by atoms with Gasteiger partial charge in [-0.1, -0.05) is 31.2 Å². The fourth-order valence-corrected chi connectivity index (χ4v) is 2.85. The largest absolute Gasteiger partial charge is 0.497 e. The van der Waals surface area contributed by atoms with Gasteiger partial charge < -0.3 is 20.7 Å². The number of amides is 1. The number of carbonyl (C=O) groups is 1. The smallest absolute Gasteiger partial charge is 0.251 e. The van der Waals surface area contributed by atoms with Gasteiger partial charge in [-0.15, -0.1) is 24.0 Å². The molecule has 0 bridgehead atoms. The minimum absolute atomic E-state index is 0. The van der Waals surface area contributed by atoms with Crippen LogP contribution in [0, 0.1) is 0 Å². The zero-order chi connectivity index (χ0) is 21.8. The second-order valence-electron chi connectivity index (χ2n) is 7.20. The van der Waals surface area contributed by atoms with E-state index in [2.05, 4.69) is 40.0 Å². The fraction of sp³-hybridized carbons (Fsp3) is 0.417. The molecule has 0 fully saturated rings. The van der Waals surface area contributed by atoms with E-state index in [4.69, 9.17) is 4.74 Å². The predicted molar refractivity (Wildman–Crippen MR) is 139 cm³/mol. The van der Waals surface area contributed by atoms with Gasteiger partial charge in [-0.25, -0.2) is 4.99 Å². The first-order valence-electron chi connectivity index (χ1n) is 10.6. The molecule has 0 heterocycles. The highest BCUT2D eigenvalue weighted by atomic mass is 127. The van der Waals surface area contributed by atoms with Crippen LogP contribution < -0.4 is 20.7 Å². The van der Waals surface area contributed by atoms with Crippen LogP contribution in [-0.2, 0) is 13.0 Å². The van der Waals surface area contributed by atoms with Crippen LogP contribution >= 0.6 is 24.0 Å². The van der Waals surface area contributed by atoms with E-state index in [-0.39, 0.29) is 35.9 Å². The summed E-state index contributed by atoms with van der Waals surface area (Å²) in [4.78, 5) is 17.0. The molecule has 1 unspecified atom stereocenters. The van der Waals surface area contributed by atoms with Crippen LogP contribution in [0.4, 0.5) is 0 Å². The molecular weight excluding hydrogens is 503 g/mol. The van der Waals surface area contributed by atoms with Crippen molar-refractivity contribution in [3.8, 4) is 5.75 Å². The maximum Gasteiger partial charge on any atom is 0.251 e. The van der Waals surface area contributed by atoms with Crippen molar-refractivity contribution in [1.82, 2.24) is 16.0 Å². The zero-order valence-corrected chi connectivity index (χ0v) is 21.2. The minimum atomic E-state index is -0.0419. The second kappa shape index (κ2) is 14.7. The molecule has 1 atom stereocenters. The van der Waals surface area contributed by atoms with Crippen molar-refractivity contribution < 1.29 is 9.53 Å². The molecule has 1 amide bonds. The third-order valence-electron chi connectivity index (χ3n) is 4.81. The third kappa shape index (κ3) is 9.59. The van der Waals surface area contributed by atoms with E-state index in [0.717, 1.165) is 43.2 Å². The van der Waals surface area contributed by atoms with Crippen molar-refractivity contribution in [2.45, 2.75) is 46.2 Å². The molecule has 0 aliphatic heterocycles. The van der Waals surface area contributed by atoms with E-state index < -0.39 is 0 Å². The summed E-state index contributed by atoms with van der Waals surface area (Å²) in [6.07, 6.45) is 1.80. The SMILES string of the molecule is CCNC(=NCc1cccc(C(=O)NC(C)CC)c1)NCCc1ccc(OC)cc1.I. The maximum atomic E-state index is 12.3. The number of halogens is 1. The fourth-order valence-electron chi connectivity index (χ4n) is 2.85. The molecular formula is C24H35IN4O2. The molecule has 6 nitrogen and oxygen atoms in total. The summed E-state index contributed by atoms with van der Waals surface area (Å²) in [7, 11) is 1.67. The summed E-state index contributed by atoms with van der Waals surface area (Å²) in [5, 5.41) is 9.64. The number of nitrogens with one attached hydrogen (secondary N) is 3. The first kappa shape index (κ1) is 26.7. The van der Waals surface area contributed by atoms with Gasteiger partial charge in [0, 0.05) is 24.7 Å². The molecule has 0 saturated heterocycles. The van der Waals surface area contributed by atoms with Crippen LogP contribution in [-0.4, -0.2) is 38.1 Å². The number of guanidine groups is 1. The lowest BCUT2D eigenvalue weighted by Gasteiger charge is -2.13. The molecule has 0 spiro atoms. The number of carbonyl (C=O) groups excluding carboxylic acids is 1. The Hall–Kier alpha value is -2.29. The van der Waals surface area contributed by atoms with Crippen molar-refractivity contribution in [3.05, 3.63) is 65.2 Å². The van der Waals surface area contributed by atoms with Gasteiger partial charge in [0.1, 0.15) is 5.75 Å². The zero-order valence-electron chi connectivity index (χ0n) is 18.9. The molecule has 0 aliphatic rings. The molecule has 0 radical (unpaired) electrons. The molecule has 0 aliphatic carbocycles. The topological polar surface area (TPSA) is 74.8 Å². The lowest BCUT2D eigenvalue weighted by molar-refractivity contribution is 0.0939. The Labute approximate surface area is 203 Å². The van der Waals surface area contributed by atoms with Gasteiger partial charge in [0.2, 0.25) is 0 Å². The van der Waals surface area contributed by atoms with Crippen LogP contribution in [0.5, 0.6) is 5.75 Å². The number of ether oxygens (including phenoxy) is 1. The number of benzene rings is 2. The van der Waals surface area contributed by atoms with E-state index in [0.29, 0.717) is 12.1 Å². The van der Waals surface area contributed by atoms with Crippen LogP contribution in [0.25, 0.3) is 0 Å². The van der Waals surface area contributed by atoms with Crippen LogP contribution in [0.15, 0.2) is 53.5 Å². The van der Waals surface area contributed by atoms with E-state index >= 15 is 0 Å². The van der Waals surface area contributed by atoms with Crippen molar-refractivity contribution >= 4 is 35.8 Å². The Balaban J connectivity index is 0.00000480. The number of hydrogen-bond acceptors (Lipinski definition) is 3. The lowest BCUT2D eigenvalue weighted by Crippen LogP contribution is -2.38. The highest BCUT2D eigenvalue weighted by molar-refractivity contribution is 14.0. The number of methoxy groups -OCH3 is 1. The molecule has 2 aromatic rings. The van der Waals surface area contributed by atoms with Crippen LogP contribution in [0.3, 0.4) is 0 Å². The van der Waals surface area contributed by atoms with E-state index in [1.165, 1.54) is 5.56 Å². The van der Waals surface area contributed by atoms with E-state index in [1.54, 1.807) is 7.11 Å². The number of hydrogen-bond donors (Lipinski definition) is 3. The average Bonchev–Trinajstić information content (AvgIpc) is 2.78. The Morgan fingerprint density at radius 1 is 1.06 bits per heavy atom. The maximum absolute atomic E-state index is 12.3. The molecule has 31 heavy (non-hydrogen) atoms. The summed E-state index contributed by atoms with van der Waals surface area (Å²) in [5.74, 6) is 1.59. The highest BCUT2D eigenvalue weighted by Gasteiger charge is 2.09. The summed E-state index contributed by atoms with van der Waals surface area (Å²) >= 11 is 0. The van der Waals surface area contributed by atoms with Gasteiger partial charge in [0.15, 0.2) is 5.96 Å². The molecule has 170 valence electrons. The highest BCUT2D eigenvalue weighted by Crippen LogP contribution is 2.11. The Kier molecular flexibility index (Phi) is 12.7.